The van der Waals surface area contributed by atoms with E-state index >= 15 is 0 Å². The molecule has 1 aliphatic heterocycles. The molecule has 1 saturated carbocycles. The van der Waals surface area contributed by atoms with Crippen LogP contribution in [0.3, 0.4) is 0 Å². The predicted octanol–water partition coefficient (Wildman–Crippen LogP) is 4.53. The lowest BCUT2D eigenvalue weighted by atomic mass is 9.81. The second-order valence-electron chi connectivity index (χ2n) is 12.3. The Morgan fingerprint density at radius 2 is 1.51 bits per heavy atom. The number of aromatic amines is 1. The van der Waals surface area contributed by atoms with E-state index in [1.165, 1.54) is 5.69 Å². The molecule has 1 saturated heterocycles. The van der Waals surface area contributed by atoms with Crippen molar-refractivity contribution >= 4 is 41.7 Å². The van der Waals surface area contributed by atoms with Gasteiger partial charge < -0.3 is 30.7 Å². The molecule has 5 N–H and O–H groups in total. The Kier molecular flexibility index (Phi) is 12.2. The highest BCUT2D eigenvalue weighted by Crippen LogP contribution is 2.29. The van der Waals surface area contributed by atoms with E-state index in [1.54, 1.807) is 24.3 Å². The van der Waals surface area contributed by atoms with Gasteiger partial charge in [-0.25, -0.2) is 4.79 Å². The molecule has 0 bridgehead atoms. The van der Waals surface area contributed by atoms with E-state index in [4.69, 9.17) is 9.84 Å². The number of benzene rings is 3. The van der Waals surface area contributed by atoms with Crippen molar-refractivity contribution in [3.63, 3.8) is 0 Å². The molecule has 2 heterocycles. The number of amides is 3. The molecule has 0 spiro atoms. The van der Waals surface area contributed by atoms with Crippen LogP contribution < -0.4 is 20.9 Å². The second-order valence-corrected chi connectivity index (χ2v) is 12.3. The summed E-state index contributed by atoms with van der Waals surface area (Å²) in [6.45, 7) is 3.63. The van der Waals surface area contributed by atoms with Gasteiger partial charge in [0, 0.05) is 48.9 Å². The standard InChI is InChI=1S/C35H40N8O5.ClH/c44-33(28-7-3-24(4-8-28)22-36-35(46)47)38-31(34(45)37-29-13-9-27(10-14-29)32-39-41-42-40-32)21-23-1-5-25(6-2-23)26-11-15-30(16-12-26)43-17-19-48-20-18-43;/h1-2,5-6,9-16,24,28,31,36H,3-4,7-8,17-22H2,(H,37,45)(H,38,44)(H,46,47)(H,39,40,41,42);1H/t24?,28?,31-;/m0./s1. The number of carbonyl (C=O) groups excluding carboxylic acids is 2. The van der Waals surface area contributed by atoms with Gasteiger partial charge in [0.05, 0.1) is 13.2 Å². The Morgan fingerprint density at radius 3 is 2.12 bits per heavy atom. The van der Waals surface area contributed by atoms with E-state index in [1.807, 2.05) is 24.3 Å². The molecule has 13 nitrogen and oxygen atoms in total. The number of hydrogen-bond donors (Lipinski definition) is 5. The normalized spacial score (nSPS) is 18.1. The van der Waals surface area contributed by atoms with E-state index in [0.717, 1.165) is 61.4 Å². The molecule has 2 fully saturated rings. The zero-order valence-electron chi connectivity index (χ0n) is 27.0. The number of nitrogens with one attached hydrogen (secondary N) is 4. The van der Waals surface area contributed by atoms with Crippen LogP contribution in [-0.2, 0) is 20.7 Å². The summed E-state index contributed by atoms with van der Waals surface area (Å²) < 4.78 is 5.47. The van der Waals surface area contributed by atoms with Crippen LogP contribution in [0.2, 0.25) is 0 Å². The van der Waals surface area contributed by atoms with Gasteiger partial charge in [0.15, 0.2) is 0 Å². The molecule has 3 aromatic carbocycles. The highest BCUT2D eigenvalue weighted by molar-refractivity contribution is 5.97. The molecule has 0 radical (unpaired) electrons. The number of H-pyrrole nitrogens is 1. The highest BCUT2D eigenvalue weighted by atomic mass is 35.5. The van der Waals surface area contributed by atoms with E-state index < -0.39 is 12.1 Å². The van der Waals surface area contributed by atoms with Gasteiger partial charge in [-0.3, -0.25) is 9.59 Å². The summed E-state index contributed by atoms with van der Waals surface area (Å²) in [6, 6.07) is 22.9. The van der Waals surface area contributed by atoms with Gasteiger partial charge >= 0.3 is 6.09 Å². The van der Waals surface area contributed by atoms with Gasteiger partial charge in [-0.2, -0.15) is 5.21 Å². The SMILES string of the molecule is Cl.O=C(O)NCC1CCC(C(=O)N[C@@H](Cc2ccc(-c3ccc(N4CCOCC4)cc3)cc2)C(=O)Nc2ccc(-c3nn[nH]n3)cc2)CC1. The van der Waals surface area contributed by atoms with Crippen molar-refractivity contribution in [3.8, 4) is 22.5 Å². The van der Waals surface area contributed by atoms with Crippen LogP contribution in [0, 0.1) is 11.8 Å². The molecule has 258 valence electrons. The average Bonchev–Trinajstić information content (AvgIpc) is 3.67. The predicted molar refractivity (Wildman–Crippen MR) is 188 cm³/mol. The van der Waals surface area contributed by atoms with E-state index in [9.17, 15) is 14.4 Å². The maximum atomic E-state index is 13.7. The van der Waals surface area contributed by atoms with Crippen LogP contribution in [0.4, 0.5) is 16.2 Å². The summed E-state index contributed by atoms with van der Waals surface area (Å²) in [5.41, 5.74) is 5.58. The monoisotopic (exact) mass is 688 g/mol. The lowest BCUT2D eigenvalue weighted by molar-refractivity contribution is -0.130. The van der Waals surface area contributed by atoms with Crippen molar-refractivity contribution in [2.45, 2.75) is 38.1 Å². The molecule has 1 aliphatic carbocycles. The number of tetrazole rings is 1. The molecule has 49 heavy (non-hydrogen) atoms. The van der Waals surface area contributed by atoms with Gasteiger partial charge in [-0.15, -0.1) is 22.6 Å². The van der Waals surface area contributed by atoms with Crippen LogP contribution in [0.25, 0.3) is 22.5 Å². The summed E-state index contributed by atoms with van der Waals surface area (Å²) in [4.78, 5) is 40.3. The van der Waals surface area contributed by atoms with Crippen molar-refractivity contribution in [2.75, 3.05) is 43.1 Å². The molecule has 4 aromatic rings. The third-order valence-electron chi connectivity index (χ3n) is 9.12. The minimum Gasteiger partial charge on any atom is -0.465 e. The summed E-state index contributed by atoms with van der Waals surface area (Å²) in [5.74, 6) is -0.0721. The molecule has 6 rings (SSSR count). The van der Waals surface area contributed by atoms with E-state index in [2.05, 4.69) is 65.7 Å². The molecular formula is C35H41ClN8O5. The molecule has 2 aliphatic rings. The average molecular weight is 689 g/mol. The Balaban J connectivity index is 0.00000468. The summed E-state index contributed by atoms with van der Waals surface area (Å²) in [5, 5.41) is 31.3. The maximum Gasteiger partial charge on any atom is 0.404 e. The van der Waals surface area contributed by atoms with Crippen molar-refractivity contribution in [1.29, 1.82) is 0 Å². The van der Waals surface area contributed by atoms with Gasteiger partial charge in [-0.05, 0) is 89.9 Å². The Hall–Kier alpha value is -5.01. The number of carbonyl (C=O) groups is 3. The Morgan fingerprint density at radius 1 is 0.878 bits per heavy atom. The number of aromatic nitrogens is 4. The number of nitrogens with zero attached hydrogens (tertiary/aromatic N) is 4. The third-order valence-corrected chi connectivity index (χ3v) is 9.12. The minimum absolute atomic E-state index is 0. The fraction of sp³-hybridized carbons (Fsp3) is 0.371. The zero-order valence-corrected chi connectivity index (χ0v) is 27.8. The van der Waals surface area contributed by atoms with Gasteiger partial charge in [0.2, 0.25) is 17.6 Å². The van der Waals surface area contributed by atoms with Crippen molar-refractivity contribution in [2.24, 2.45) is 11.8 Å². The number of morpholine rings is 1. The number of hydrogen-bond acceptors (Lipinski definition) is 8. The van der Waals surface area contributed by atoms with Crippen LogP contribution in [0.15, 0.2) is 72.8 Å². The van der Waals surface area contributed by atoms with Crippen LogP contribution in [0.1, 0.15) is 31.2 Å². The lowest BCUT2D eigenvalue weighted by Gasteiger charge is -2.29. The molecule has 0 unspecified atom stereocenters. The van der Waals surface area contributed by atoms with Gasteiger partial charge in [0.25, 0.3) is 0 Å². The number of halogens is 1. The topological polar surface area (TPSA) is 174 Å². The number of ether oxygens (including phenoxy) is 1. The first kappa shape index (κ1) is 35.3. The van der Waals surface area contributed by atoms with Crippen LogP contribution in [0.5, 0.6) is 0 Å². The van der Waals surface area contributed by atoms with Crippen LogP contribution in [-0.4, -0.2) is 82.5 Å². The fourth-order valence-corrected chi connectivity index (χ4v) is 6.33. The van der Waals surface area contributed by atoms with Gasteiger partial charge in [-0.1, -0.05) is 36.4 Å². The summed E-state index contributed by atoms with van der Waals surface area (Å²) >= 11 is 0. The third kappa shape index (κ3) is 9.55. The smallest absolute Gasteiger partial charge is 0.404 e. The molecule has 1 aromatic heterocycles. The molecule has 14 heteroatoms. The van der Waals surface area contributed by atoms with E-state index in [-0.39, 0.29) is 36.1 Å². The Labute approximate surface area is 290 Å². The molecular weight excluding hydrogens is 648 g/mol. The van der Waals surface area contributed by atoms with E-state index in [0.29, 0.717) is 37.3 Å². The lowest BCUT2D eigenvalue weighted by Crippen LogP contribution is -2.48. The van der Waals surface area contributed by atoms with Crippen molar-refractivity contribution in [1.82, 2.24) is 31.3 Å². The second kappa shape index (κ2) is 16.9. The minimum atomic E-state index is -1.04. The van der Waals surface area contributed by atoms with Gasteiger partial charge in [0.1, 0.15) is 6.04 Å². The maximum absolute atomic E-state index is 13.7. The largest absolute Gasteiger partial charge is 0.465 e. The first-order valence-corrected chi connectivity index (χ1v) is 16.4. The number of carboxylic acid groups (broad SMARTS) is 1. The van der Waals surface area contributed by atoms with Crippen LogP contribution >= 0.6 is 12.4 Å². The number of rotatable bonds is 11. The first-order chi connectivity index (χ1) is 23.4. The molecule has 1 atom stereocenters. The highest BCUT2D eigenvalue weighted by Gasteiger charge is 2.30. The van der Waals surface area contributed by atoms with Crippen molar-refractivity contribution < 1.29 is 24.2 Å². The summed E-state index contributed by atoms with van der Waals surface area (Å²) in [6.07, 6.45) is 2.05. The molecule has 3 amide bonds. The summed E-state index contributed by atoms with van der Waals surface area (Å²) in [7, 11) is 0. The first-order valence-electron chi connectivity index (χ1n) is 16.4. The van der Waals surface area contributed by atoms with Crippen molar-refractivity contribution in [3.05, 3.63) is 78.4 Å². The zero-order chi connectivity index (χ0) is 33.3. The Bertz CT molecular complexity index is 1660. The number of anilines is 2. The fourth-order valence-electron chi connectivity index (χ4n) is 6.33. The quantitative estimate of drug-likeness (QED) is 0.152.